The molecule has 148 valence electrons. The summed E-state index contributed by atoms with van der Waals surface area (Å²) in [6, 6.07) is 15.7. The lowest BCUT2D eigenvalue weighted by atomic mass is 9.70. The summed E-state index contributed by atoms with van der Waals surface area (Å²) in [6.07, 6.45) is 2.79. The Hall–Kier alpha value is -3.08. The number of allylic oxidation sites excluding steroid dienone is 2. The molecule has 0 amide bonds. The van der Waals surface area contributed by atoms with Crippen molar-refractivity contribution in [3.05, 3.63) is 77.3 Å². The Morgan fingerprint density at radius 3 is 2.55 bits per heavy atom. The molecule has 29 heavy (non-hydrogen) atoms. The van der Waals surface area contributed by atoms with Crippen LogP contribution in [0, 0.1) is 5.92 Å². The SMILES string of the molecule is CCOC(=O)C1C(C)=NC2=C(C(=O)C[C@H](c3ccccc3)C2)[C@@H]1c1ccccn1. The van der Waals surface area contributed by atoms with E-state index in [0.717, 1.165) is 11.3 Å². The summed E-state index contributed by atoms with van der Waals surface area (Å²) in [4.78, 5) is 35.3. The number of rotatable bonds is 4. The Labute approximate surface area is 170 Å². The molecule has 1 aromatic heterocycles. The number of ether oxygens (including phenoxy) is 1. The fraction of sp³-hybridized carbons (Fsp3) is 0.333. The highest BCUT2D eigenvalue weighted by atomic mass is 16.5. The van der Waals surface area contributed by atoms with Gasteiger partial charge in [0.05, 0.1) is 12.5 Å². The number of ketones is 1. The maximum absolute atomic E-state index is 13.3. The molecule has 0 fully saturated rings. The molecule has 1 aromatic carbocycles. The quantitative estimate of drug-likeness (QED) is 0.736. The fourth-order valence-electron chi connectivity index (χ4n) is 4.44. The molecule has 1 aliphatic heterocycles. The molecule has 0 spiro atoms. The molecule has 2 aromatic rings. The van der Waals surface area contributed by atoms with Gasteiger partial charge in [-0.1, -0.05) is 36.4 Å². The van der Waals surface area contributed by atoms with Gasteiger partial charge in [0.15, 0.2) is 5.78 Å². The predicted octanol–water partition coefficient (Wildman–Crippen LogP) is 4.22. The zero-order valence-electron chi connectivity index (χ0n) is 16.7. The fourth-order valence-corrected chi connectivity index (χ4v) is 4.44. The number of aromatic nitrogens is 1. The van der Waals surface area contributed by atoms with Gasteiger partial charge < -0.3 is 4.74 Å². The van der Waals surface area contributed by atoms with Crippen molar-refractivity contribution >= 4 is 17.5 Å². The number of Topliss-reactive ketones (excluding diaryl/α,β-unsaturated/α-hetero) is 1. The Balaban J connectivity index is 1.79. The van der Waals surface area contributed by atoms with Crippen molar-refractivity contribution in [1.29, 1.82) is 0 Å². The molecular formula is C24H24N2O3. The molecule has 2 heterocycles. The minimum absolute atomic E-state index is 0.0429. The maximum Gasteiger partial charge on any atom is 0.315 e. The van der Waals surface area contributed by atoms with Crippen LogP contribution in [0.4, 0.5) is 0 Å². The summed E-state index contributed by atoms with van der Waals surface area (Å²) in [5.41, 5.74) is 3.93. The van der Waals surface area contributed by atoms with Crippen molar-refractivity contribution in [1.82, 2.24) is 4.98 Å². The summed E-state index contributed by atoms with van der Waals surface area (Å²) in [5, 5.41) is 0. The minimum atomic E-state index is -0.624. The van der Waals surface area contributed by atoms with Crippen LogP contribution >= 0.6 is 0 Å². The number of carbonyl (C=O) groups is 2. The van der Waals surface area contributed by atoms with Gasteiger partial charge in [0, 0.05) is 35.3 Å². The minimum Gasteiger partial charge on any atom is -0.465 e. The lowest BCUT2D eigenvalue weighted by molar-refractivity contribution is -0.146. The number of hydrogen-bond donors (Lipinski definition) is 0. The first kappa shape index (κ1) is 19.2. The summed E-state index contributed by atoms with van der Waals surface area (Å²) in [5.74, 6) is -1.29. The number of carbonyl (C=O) groups excluding carboxylic acids is 2. The van der Waals surface area contributed by atoms with E-state index in [1.165, 1.54) is 0 Å². The van der Waals surface area contributed by atoms with Crippen molar-refractivity contribution < 1.29 is 14.3 Å². The average molecular weight is 388 g/mol. The van der Waals surface area contributed by atoms with Crippen LogP contribution in [0.3, 0.4) is 0 Å². The second-order valence-corrected chi connectivity index (χ2v) is 7.51. The van der Waals surface area contributed by atoms with Crippen molar-refractivity contribution in [3.8, 4) is 0 Å². The van der Waals surface area contributed by atoms with Crippen molar-refractivity contribution in [2.24, 2.45) is 10.9 Å². The van der Waals surface area contributed by atoms with Crippen LogP contribution in [-0.4, -0.2) is 29.1 Å². The van der Waals surface area contributed by atoms with Crippen LogP contribution in [0.25, 0.3) is 0 Å². The third kappa shape index (κ3) is 3.65. The molecule has 1 unspecified atom stereocenters. The summed E-state index contributed by atoms with van der Waals surface area (Å²) >= 11 is 0. The Kier molecular flexibility index (Phi) is 5.38. The highest BCUT2D eigenvalue weighted by Gasteiger charge is 2.45. The van der Waals surface area contributed by atoms with Crippen molar-refractivity contribution in [3.63, 3.8) is 0 Å². The molecule has 2 aliphatic rings. The van der Waals surface area contributed by atoms with Gasteiger partial charge in [-0.3, -0.25) is 19.6 Å². The van der Waals surface area contributed by atoms with Crippen LogP contribution in [0.2, 0.25) is 0 Å². The third-order valence-electron chi connectivity index (χ3n) is 5.71. The molecule has 0 saturated carbocycles. The second kappa shape index (κ2) is 8.11. The normalized spacial score (nSPS) is 24.0. The number of hydrogen-bond acceptors (Lipinski definition) is 5. The van der Waals surface area contributed by atoms with E-state index in [2.05, 4.69) is 17.1 Å². The second-order valence-electron chi connectivity index (χ2n) is 7.51. The highest BCUT2D eigenvalue weighted by Crippen LogP contribution is 2.46. The van der Waals surface area contributed by atoms with Gasteiger partial charge in [-0.25, -0.2) is 0 Å². The molecule has 4 rings (SSSR count). The highest BCUT2D eigenvalue weighted by molar-refractivity contribution is 6.09. The monoisotopic (exact) mass is 388 g/mol. The van der Waals surface area contributed by atoms with E-state index in [1.807, 2.05) is 43.3 Å². The average Bonchev–Trinajstić information content (AvgIpc) is 2.74. The standard InChI is InChI=1S/C24H24N2O3/c1-3-29-24(28)21-15(2)26-19-13-17(16-9-5-4-6-10-16)14-20(27)22(19)23(21)18-11-7-8-12-25-18/h4-12,17,21,23H,3,13-14H2,1-2H3/t17-,21?,23-/m1/s1. The van der Waals surface area contributed by atoms with Crippen LogP contribution in [0.1, 0.15) is 49.8 Å². The summed E-state index contributed by atoms with van der Waals surface area (Å²) in [6.45, 7) is 3.91. The topological polar surface area (TPSA) is 68.6 Å². The number of esters is 1. The van der Waals surface area contributed by atoms with Crippen LogP contribution < -0.4 is 0 Å². The van der Waals surface area contributed by atoms with Crippen LogP contribution in [-0.2, 0) is 14.3 Å². The summed E-state index contributed by atoms with van der Waals surface area (Å²) in [7, 11) is 0. The van der Waals surface area contributed by atoms with E-state index in [4.69, 9.17) is 9.73 Å². The van der Waals surface area contributed by atoms with Gasteiger partial charge in [0.25, 0.3) is 0 Å². The smallest absolute Gasteiger partial charge is 0.315 e. The summed E-state index contributed by atoms with van der Waals surface area (Å²) < 4.78 is 5.33. The van der Waals surface area contributed by atoms with E-state index in [-0.39, 0.29) is 24.3 Å². The zero-order valence-corrected chi connectivity index (χ0v) is 16.7. The van der Waals surface area contributed by atoms with Gasteiger partial charge in [-0.05, 0) is 43.9 Å². The Morgan fingerprint density at radius 2 is 1.86 bits per heavy atom. The van der Waals surface area contributed by atoms with Gasteiger partial charge in [-0.2, -0.15) is 0 Å². The van der Waals surface area contributed by atoms with E-state index >= 15 is 0 Å². The lowest BCUT2D eigenvalue weighted by Gasteiger charge is -2.36. The molecular weight excluding hydrogens is 364 g/mol. The van der Waals surface area contributed by atoms with Crippen LogP contribution in [0.15, 0.2) is 71.0 Å². The number of nitrogens with zero attached hydrogens (tertiary/aromatic N) is 2. The van der Waals surface area contributed by atoms with E-state index in [9.17, 15) is 9.59 Å². The number of pyridine rings is 1. The molecule has 1 aliphatic carbocycles. The zero-order chi connectivity index (χ0) is 20.4. The van der Waals surface area contributed by atoms with Crippen LogP contribution in [0.5, 0.6) is 0 Å². The molecule has 0 N–H and O–H groups in total. The first-order valence-corrected chi connectivity index (χ1v) is 10.0. The molecule has 3 atom stereocenters. The van der Waals surface area contributed by atoms with Gasteiger partial charge >= 0.3 is 5.97 Å². The Bertz CT molecular complexity index is 980. The lowest BCUT2D eigenvalue weighted by Crippen LogP contribution is -2.38. The first-order valence-electron chi connectivity index (χ1n) is 10.0. The molecule has 0 saturated heterocycles. The van der Waals surface area contributed by atoms with Gasteiger partial charge in [0.1, 0.15) is 5.92 Å². The largest absolute Gasteiger partial charge is 0.465 e. The van der Waals surface area contributed by atoms with Crippen molar-refractivity contribution in [2.45, 2.75) is 38.5 Å². The van der Waals surface area contributed by atoms with Gasteiger partial charge in [-0.15, -0.1) is 0 Å². The molecule has 5 nitrogen and oxygen atoms in total. The number of aliphatic imine (C=N–C) groups is 1. The Morgan fingerprint density at radius 1 is 1.10 bits per heavy atom. The van der Waals surface area contributed by atoms with E-state index in [0.29, 0.717) is 29.8 Å². The van der Waals surface area contributed by atoms with Crippen molar-refractivity contribution in [2.75, 3.05) is 6.61 Å². The first-order chi connectivity index (χ1) is 14.1. The van der Waals surface area contributed by atoms with E-state index in [1.54, 1.807) is 13.1 Å². The number of benzene rings is 1. The third-order valence-corrected chi connectivity index (χ3v) is 5.71. The van der Waals surface area contributed by atoms with E-state index < -0.39 is 11.8 Å². The van der Waals surface area contributed by atoms with Gasteiger partial charge in [0.2, 0.25) is 0 Å². The molecule has 5 heteroatoms. The molecule has 0 bridgehead atoms. The maximum atomic E-state index is 13.3. The molecule has 0 radical (unpaired) electrons. The predicted molar refractivity (Wildman–Crippen MR) is 111 cm³/mol.